The summed E-state index contributed by atoms with van der Waals surface area (Å²) in [6, 6.07) is 16.6. The van der Waals surface area contributed by atoms with Crippen molar-refractivity contribution in [1.82, 2.24) is 4.90 Å². The number of carbonyl (C=O) groups excluding carboxylic acids is 1. The Balaban J connectivity index is 1.65. The number of nitrogens with one attached hydrogen (secondary N) is 1. The van der Waals surface area contributed by atoms with Gasteiger partial charge in [0.2, 0.25) is 5.91 Å². The Morgan fingerprint density at radius 3 is 2.46 bits per heavy atom. The molecule has 1 aliphatic rings. The second kappa shape index (κ2) is 6.78. The molecule has 0 spiro atoms. The van der Waals surface area contributed by atoms with Crippen molar-refractivity contribution in [1.29, 1.82) is 0 Å². The highest BCUT2D eigenvalue weighted by molar-refractivity contribution is 5.93. The summed E-state index contributed by atoms with van der Waals surface area (Å²) >= 11 is 0. The SMILES string of the molecule is CC(C)(C)c1ccccc1NC(=O)CN1CCc2ccccc2C1. The van der Waals surface area contributed by atoms with Gasteiger partial charge in [-0.3, -0.25) is 9.69 Å². The number of benzene rings is 2. The van der Waals surface area contributed by atoms with E-state index in [1.165, 1.54) is 16.7 Å². The van der Waals surface area contributed by atoms with Crippen molar-refractivity contribution < 1.29 is 4.79 Å². The summed E-state index contributed by atoms with van der Waals surface area (Å²) in [5, 5.41) is 3.11. The molecule has 0 saturated heterocycles. The van der Waals surface area contributed by atoms with Crippen LogP contribution in [0, 0.1) is 0 Å². The molecule has 2 aromatic rings. The molecule has 0 radical (unpaired) electrons. The smallest absolute Gasteiger partial charge is 0.238 e. The Labute approximate surface area is 144 Å². The highest BCUT2D eigenvalue weighted by atomic mass is 16.2. The van der Waals surface area contributed by atoms with Crippen LogP contribution in [0.5, 0.6) is 0 Å². The molecule has 1 heterocycles. The molecule has 1 amide bonds. The first kappa shape index (κ1) is 16.7. The Morgan fingerprint density at radius 1 is 1.04 bits per heavy atom. The van der Waals surface area contributed by atoms with Crippen LogP contribution in [0.25, 0.3) is 0 Å². The van der Waals surface area contributed by atoms with Gasteiger partial charge < -0.3 is 5.32 Å². The van der Waals surface area contributed by atoms with E-state index in [0.717, 1.165) is 25.2 Å². The lowest BCUT2D eigenvalue weighted by atomic mass is 9.86. The maximum Gasteiger partial charge on any atom is 0.238 e. The molecule has 1 N–H and O–H groups in total. The van der Waals surface area contributed by atoms with Gasteiger partial charge in [0.25, 0.3) is 0 Å². The summed E-state index contributed by atoms with van der Waals surface area (Å²) in [7, 11) is 0. The van der Waals surface area contributed by atoms with Crippen LogP contribution in [-0.4, -0.2) is 23.9 Å². The largest absolute Gasteiger partial charge is 0.325 e. The third-order valence-electron chi connectivity index (χ3n) is 4.59. The number of para-hydroxylation sites is 1. The fourth-order valence-corrected chi connectivity index (χ4v) is 3.33. The topological polar surface area (TPSA) is 32.3 Å². The maximum absolute atomic E-state index is 12.5. The Hall–Kier alpha value is -2.13. The van der Waals surface area contributed by atoms with Gasteiger partial charge in [-0.1, -0.05) is 63.2 Å². The molecule has 0 unspecified atom stereocenters. The lowest BCUT2D eigenvalue weighted by molar-refractivity contribution is -0.117. The Morgan fingerprint density at radius 2 is 1.71 bits per heavy atom. The van der Waals surface area contributed by atoms with E-state index in [-0.39, 0.29) is 11.3 Å². The highest BCUT2D eigenvalue weighted by Crippen LogP contribution is 2.29. The van der Waals surface area contributed by atoms with Crippen molar-refractivity contribution in [3.8, 4) is 0 Å². The number of rotatable bonds is 3. The third-order valence-corrected chi connectivity index (χ3v) is 4.59. The highest BCUT2D eigenvalue weighted by Gasteiger charge is 2.21. The summed E-state index contributed by atoms with van der Waals surface area (Å²) in [5.41, 5.74) is 4.85. The Kier molecular flexibility index (Phi) is 4.72. The molecule has 3 heteroatoms. The van der Waals surface area contributed by atoms with Gasteiger partial charge in [-0.2, -0.15) is 0 Å². The average molecular weight is 322 g/mol. The van der Waals surface area contributed by atoms with E-state index < -0.39 is 0 Å². The van der Waals surface area contributed by atoms with Crippen LogP contribution in [-0.2, 0) is 23.2 Å². The third kappa shape index (κ3) is 3.85. The van der Waals surface area contributed by atoms with E-state index >= 15 is 0 Å². The van der Waals surface area contributed by atoms with Crippen LogP contribution < -0.4 is 5.32 Å². The minimum absolute atomic E-state index is 0.00787. The quantitative estimate of drug-likeness (QED) is 0.927. The van der Waals surface area contributed by atoms with Crippen LogP contribution in [0.4, 0.5) is 5.69 Å². The minimum atomic E-state index is 0.00787. The molecule has 0 aromatic heterocycles. The number of carbonyl (C=O) groups is 1. The second-order valence-electron chi connectivity index (χ2n) is 7.57. The summed E-state index contributed by atoms with van der Waals surface area (Å²) in [5.74, 6) is 0.0612. The summed E-state index contributed by atoms with van der Waals surface area (Å²) in [6.07, 6.45) is 1.02. The molecule has 0 aliphatic carbocycles. The van der Waals surface area contributed by atoms with Crippen LogP contribution in [0.1, 0.15) is 37.5 Å². The predicted octanol–water partition coefficient (Wildman–Crippen LogP) is 3.98. The predicted molar refractivity (Wildman–Crippen MR) is 99.2 cm³/mol. The molecule has 0 fully saturated rings. The molecular weight excluding hydrogens is 296 g/mol. The summed E-state index contributed by atoms with van der Waals surface area (Å²) < 4.78 is 0. The summed E-state index contributed by atoms with van der Waals surface area (Å²) in [6.45, 7) is 8.72. The van der Waals surface area contributed by atoms with E-state index in [2.05, 4.69) is 61.3 Å². The van der Waals surface area contributed by atoms with Crippen LogP contribution in [0.2, 0.25) is 0 Å². The zero-order chi connectivity index (χ0) is 17.2. The van der Waals surface area contributed by atoms with E-state index in [1.807, 2.05) is 18.2 Å². The molecule has 0 saturated carbocycles. The van der Waals surface area contributed by atoms with Crippen molar-refractivity contribution in [2.75, 3.05) is 18.4 Å². The fourth-order valence-electron chi connectivity index (χ4n) is 3.33. The van der Waals surface area contributed by atoms with Gasteiger partial charge in [0, 0.05) is 18.8 Å². The minimum Gasteiger partial charge on any atom is -0.325 e. The lowest BCUT2D eigenvalue weighted by Gasteiger charge is -2.28. The van der Waals surface area contributed by atoms with Crippen molar-refractivity contribution in [3.05, 3.63) is 65.2 Å². The van der Waals surface area contributed by atoms with Gasteiger partial charge >= 0.3 is 0 Å². The van der Waals surface area contributed by atoms with Gasteiger partial charge in [0.05, 0.1) is 6.54 Å². The molecule has 3 rings (SSSR count). The van der Waals surface area contributed by atoms with Gasteiger partial charge in [0.1, 0.15) is 0 Å². The van der Waals surface area contributed by atoms with E-state index in [4.69, 9.17) is 0 Å². The lowest BCUT2D eigenvalue weighted by Crippen LogP contribution is -2.37. The van der Waals surface area contributed by atoms with E-state index in [9.17, 15) is 4.79 Å². The van der Waals surface area contributed by atoms with Gasteiger partial charge in [-0.15, -0.1) is 0 Å². The van der Waals surface area contributed by atoms with Gasteiger partial charge in [-0.05, 0) is 34.6 Å². The zero-order valence-corrected chi connectivity index (χ0v) is 14.8. The molecular formula is C21H26N2O. The van der Waals surface area contributed by atoms with Gasteiger partial charge in [-0.25, -0.2) is 0 Å². The van der Waals surface area contributed by atoms with Crippen molar-refractivity contribution in [2.24, 2.45) is 0 Å². The molecule has 0 atom stereocenters. The maximum atomic E-state index is 12.5. The van der Waals surface area contributed by atoms with Crippen molar-refractivity contribution >= 4 is 11.6 Å². The molecule has 3 nitrogen and oxygen atoms in total. The molecule has 2 aromatic carbocycles. The fraction of sp³-hybridized carbons (Fsp3) is 0.381. The molecule has 0 bridgehead atoms. The van der Waals surface area contributed by atoms with E-state index in [1.54, 1.807) is 0 Å². The van der Waals surface area contributed by atoms with Crippen LogP contribution in [0.15, 0.2) is 48.5 Å². The van der Waals surface area contributed by atoms with Crippen LogP contribution in [0.3, 0.4) is 0 Å². The number of nitrogens with zero attached hydrogens (tertiary/aromatic N) is 1. The normalized spacial score (nSPS) is 15.0. The first-order chi connectivity index (χ1) is 11.4. The zero-order valence-electron chi connectivity index (χ0n) is 14.8. The number of fused-ring (bicyclic) bond motifs is 1. The number of hydrogen-bond acceptors (Lipinski definition) is 2. The number of anilines is 1. The number of hydrogen-bond donors (Lipinski definition) is 1. The standard InChI is InChI=1S/C21H26N2O/c1-21(2,3)18-10-6-7-11-19(18)22-20(24)15-23-13-12-16-8-4-5-9-17(16)14-23/h4-11H,12-15H2,1-3H3,(H,22,24). The van der Waals surface area contributed by atoms with Gasteiger partial charge in [0.15, 0.2) is 0 Å². The number of amides is 1. The Bertz CT molecular complexity index is 731. The first-order valence-corrected chi connectivity index (χ1v) is 8.62. The van der Waals surface area contributed by atoms with Crippen molar-refractivity contribution in [3.63, 3.8) is 0 Å². The first-order valence-electron chi connectivity index (χ1n) is 8.62. The van der Waals surface area contributed by atoms with E-state index in [0.29, 0.717) is 6.54 Å². The average Bonchev–Trinajstić information content (AvgIpc) is 2.54. The summed E-state index contributed by atoms with van der Waals surface area (Å²) in [4.78, 5) is 14.7. The van der Waals surface area contributed by atoms with Crippen LogP contribution >= 0.6 is 0 Å². The second-order valence-corrected chi connectivity index (χ2v) is 7.57. The molecule has 24 heavy (non-hydrogen) atoms. The monoisotopic (exact) mass is 322 g/mol. The molecule has 126 valence electrons. The molecule has 1 aliphatic heterocycles. The van der Waals surface area contributed by atoms with Crippen molar-refractivity contribution in [2.45, 2.75) is 39.2 Å².